The van der Waals surface area contributed by atoms with Crippen LogP contribution in [-0.4, -0.2) is 17.9 Å². The second-order valence-electron chi connectivity index (χ2n) is 3.47. The molecule has 5 nitrogen and oxygen atoms in total. The molecule has 2 rings (SSSR count). The van der Waals surface area contributed by atoms with Crippen LogP contribution < -0.4 is 5.32 Å². The van der Waals surface area contributed by atoms with Crippen LogP contribution in [0.1, 0.15) is 0 Å². The van der Waals surface area contributed by atoms with Crippen LogP contribution in [0, 0.1) is 0 Å². The maximum Gasteiger partial charge on any atom is 0.287 e. The molecule has 1 aromatic carbocycles. The number of carbonyl (C=O) groups excluding carboxylic acids is 2. The predicted molar refractivity (Wildman–Crippen MR) is 67.9 cm³/mol. The molecule has 1 aromatic rings. The molecule has 1 aliphatic heterocycles. The van der Waals surface area contributed by atoms with E-state index in [0.717, 1.165) is 0 Å². The molecule has 0 radical (unpaired) electrons. The van der Waals surface area contributed by atoms with Crippen molar-refractivity contribution in [2.24, 2.45) is 10.2 Å². The Labute approximate surface area is 112 Å². The number of halogens is 2. The molecule has 1 heterocycles. The van der Waals surface area contributed by atoms with Crippen LogP contribution >= 0.6 is 23.2 Å². The van der Waals surface area contributed by atoms with Gasteiger partial charge in [-0.25, -0.2) is 0 Å². The van der Waals surface area contributed by atoms with Gasteiger partial charge in [0, 0.05) is 11.1 Å². The summed E-state index contributed by atoms with van der Waals surface area (Å²) in [4.78, 5) is 22.6. The highest BCUT2D eigenvalue weighted by Crippen LogP contribution is 2.25. The minimum absolute atomic E-state index is 0.323. The maximum absolute atomic E-state index is 11.8. The quantitative estimate of drug-likeness (QED) is 0.907. The van der Waals surface area contributed by atoms with Gasteiger partial charge in [-0.05, 0) is 24.3 Å². The summed E-state index contributed by atoms with van der Waals surface area (Å²) in [6.07, 6.45) is 2.56. The molecule has 2 amide bonds. The summed E-state index contributed by atoms with van der Waals surface area (Å²) >= 11 is 11.6. The molecule has 1 aliphatic rings. The molecule has 1 unspecified atom stereocenters. The SMILES string of the molecule is O=C1C=CC(C(=O)Nc2ccc(Cl)cc2Cl)N=N1. The van der Waals surface area contributed by atoms with Crippen LogP contribution in [0.2, 0.25) is 10.0 Å². The fraction of sp³-hybridized carbons (Fsp3) is 0.0909. The van der Waals surface area contributed by atoms with E-state index in [1.807, 2.05) is 0 Å². The molecule has 92 valence electrons. The van der Waals surface area contributed by atoms with Gasteiger partial charge in [0.15, 0.2) is 6.04 Å². The average molecular weight is 284 g/mol. The van der Waals surface area contributed by atoms with Gasteiger partial charge in [0.2, 0.25) is 0 Å². The summed E-state index contributed by atoms with van der Waals surface area (Å²) in [7, 11) is 0. The summed E-state index contributed by atoms with van der Waals surface area (Å²) in [5.74, 6) is -0.907. The van der Waals surface area contributed by atoms with E-state index in [4.69, 9.17) is 23.2 Å². The van der Waals surface area contributed by atoms with Crippen LogP contribution in [0.5, 0.6) is 0 Å². The fourth-order valence-electron chi connectivity index (χ4n) is 1.30. The molecule has 0 aliphatic carbocycles. The maximum atomic E-state index is 11.8. The highest BCUT2D eigenvalue weighted by molar-refractivity contribution is 6.36. The molecule has 18 heavy (non-hydrogen) atoms. The summed E-state index contributed by atoms with van der Waals surface area (Å²) in [5.41, 5.74) is 0.423. The lowest BCUT2D eigenvalue weighted by Gasteiger charge is -2.11. The fourth-order valence-corrected chi connectivity index (χ4v) is 1.76. The van der Waals surface area contributed by atoms with Crippen molar-refractivity contribution in [2.45, 2.75) is 6.04 Å². The molecular formula is C11H7Cl2N3O2. The second-order valence-corrected chi connectivity index (χ2v) is 4.31. The van der Waals surface area contributed by atoms with Gasteiger partial charge in [-0.1, -0.05) is 23.2 Å². The van der Waals surface area contributed by atoms with Gasteiger partial charge >= 0.3 is 0 Å². The Kier molecular flexibility index (Phi) is 3.74. The Hall–Kier alpha value is -1.72. The molecule has 0 saturated heterocycles. The Morgan fingerprint density at radius 2 is 2.11 bits per heavy atom. The zero-order valence-corrected chi connectivity index (χ0v) is 10.4. The molecule has 0 bridgehead atoms. The van der Waals surface area contributed by atoms with Crippen LogP contribution in [0.3, 0.4) is 0 Å². The van der Waals surface area contributed by atoms with Crippen molar-refractivity contribution in [1.82, 2.24) is 0 Å². The third-order valence-electron chi connectivity index (χ3n) is 2.16. The first kappa shape index (κ1) is 12.7. The topological polar surface area (TPSA) is 70.9 Å². The predicted octanol–water partition coefficient (Wildman–Crippen LogP) is 2.85. The number of azo groups is 1. The molecule has 0 aromatic heterocycles. The molecular weight excluding hydrogens is 277 g/mol. The molecule has 0 spiro atoms. The molecule has 1 atom stereocenters. The number of rotatable bonds is 2. The van der Waals surface area contributed by atoms with Crippen LogP contribution in [0.15, 0.2) is 40.6 Å². The number of hydrogen-bond acceptors (Lipinski definition) is 3. The van der Waals surface area contributed by atoms with Crippen molar-refractivity contribution in [1.29, 1.82) is 0 Å². The zero-order chi connectivity index (χ0) is 13.1. The lowest BCUT2D eigenvalue weighted by molar-refractivity contribution is -0.117. The molecule has 0 fully saturated rings. The Morgan fingerprint density at radius 1 is 1.33 bits per heavy atom. The second kappa shape index (κ2) is 5.29. The number of benzene rings is 1. The van der Waals surface area contributed by atoms with Gasteiger partial charge in [-0.2, -0.15) is 5.11 Å². The Bertz CT molecular complexity index is 553. The molecule has 7 heteroatoms. The van der Waals surface area contributed by atoms with Crippen molar-refractivity contribution in [3.8, 4) is 0 Å². The Morgan fingerprint density at radius 3 is 2.72 bits per heavy atom. The van der Waals surface area contributed by atoms with Crippen molar-refractivity contribution >= 4 is 40.7 Å². The summed E-state index contributed by atoms with van der Waals surface area (Å²) in [6.45, 7) is 0. The van der Waals surface area contributed by atoms with Crippen molar-refractivity contribution in [3.63, 3.8) is 0 Å². The normalized spacial score (nSPS) is 17.9. The average Bonchev–Trinajstić information content (AvgIpc) is 2.33. The van der Waals surface area contributed by atoms with Gasteiger partial charge in [0.1, 0.15) is 0 Å². The van der Waals surface area contributed by atoms with E-state index in [1.165, 1.54) is 18.2 Å². The highest BCUT2D eigenvalue weighted by Gasteiger charge is 2.19. The van der Waals surface area contributed by atoms with E-state index in [-0.39, 0.29) is 0 Å². The number of hydrogen-bond donors (Lipinski definition) is 1. The lowest BCUT2D eigenvalue weighted by atomic mass is 10.2. The largest absolute Gasteiger partial charge is 0.323 e. The van der Waals surface area contributed by atoms with Gasteiger partial charge < -0.3 is 5.32 Å². The van der Waals surface area contributed by atoms with E-state index in [0.29, 0.717) is 15.7 Å². The minimum Gasteiger partial charge on any atom is -0.323 e. The van der Waals surface area contributed by atoms with Crippen molar-refractivity contribution in [3.05, 3.63) is 40.4 Å². The van der Waals surface area contributed by atoms with E-state index >= 15 is 0 Å². The monoisotopic (exact) mass is 283 g/mol. The van der Waals surface area contributed by atoms with Gasteiger partial charge in [0.25, 0.3) is 11.8 Å². The lowest BCUT2D eigenvalue weighted by Crippen LogP contribution is -2.26. The first-order valence-corrected chi connectivity index (χ1v) is 5.71. The number of carbonyl (C=O) groups is 2. The first-order valence-electron chi connectivity index (χ1n) is 4.95. The number of anilines is 1. The van der Waals surface area contributed by atoms with E-state index in [2.05, 4.69) is 15.5 Å². The van der Waals surface area contributed by atoms with Crippen molar-refractivity contribution in [2.75, 3.05) is 5.32 Å². The van der Waals surface area contributed by atoms with Gasteiger partial charge in [-0.3, -0.25) is 9.59 Å². The summed E-state index contributed by atoms with van der Waals surface area (Å²) in [5, 5.41) is 10.2. The number of nitrogens with zero attached hydrogens (tertiary/aromatic N) is 2. The van der Waals surface area contributed by atoms with E-state index in [9.17, 15) is 9.59 Å². The summed E-state index contributed by atoms with van der Waals surface area (Å²) in [6, 6.07) is 3.87. The standard InChI is InChI=1S/C11H7Cl2N3O2/c12-6-1-2-8(7(13)5-6)14-11(18)9-3-4-10(17)16-15-9/h1-5,9H,(H,14,18). The summed E-state index contributed by atoms with van der Waals surface area (Å²) < 4.78 is 0. The third kappa shape index (κ3) is 2.94. The van der Waals surface area contributed by atoms with E-state index in [1.54, 1.807) is 12.1 Å². The highest BCUT2D eigenvalue weighted by atomic mass is 35.5. The number of nitrogens with one attached hydrogen (secondary N) is 1. The van der Waals surface area contributed by atoms with E-state index < -0.39 is 17.9 Å². The van der Waals surface area contributed by atoms with Crippen LogP contribution in [-0.2, 0) is 9.59 Å². The molecule has 1 N–H and O–H groups in total. The minimum atomic E-state index is -0.825. The van der Waals surface area contributed by atoms with Crippen LogP contribution in [0.25, 0.3) is 0 Å². The van der Waals surface area contributed by atoms with Crippen LogP contribution in [0.4, 0.5) is 5.69 Å². The van der Waals surface area contributed by atoms with Gasteiger partial charge in [0.05, 0.1) is 10.7 Å². The number of amides is 2. The van der Waals surface area contributed by atoms with Gasteiger partial charge in [-0.15, -0.1) is 5.11 Å². The zero-order valence-electron chi connectivity index (χ0n) is 8.93. The van der Waals surface area contributed by atoms with Crippen molar-refractivity contribution < 1.29 is 9.59 Å². The smallest absolute Gasteiger partial charge is 0.287 e. The first-order chi connectivity index (χ1) is 8.56. The Balaban J connectivity index is 2.10. The third-order valence-corrected chi connectivity index (χ3v) is 2.71. The molecule has 0 saturated carbocycles.